The van der Waals surface area contributed by atoms with Gasteiger partial charge in [0.2, 0.25) is 11.8 Å². The van der Waals surface area contributed by atoms with Crippen molar-refractivity contribution in [2.75, 3.05) is 26.3 Å². The normalized spacial score (nSPS) is 37.4. The first-order valence-corrected chi connectivity index (χ1v) is 9.83. The van der Waals surface area contributed by atoms with Crippen LogP contribution in [-0.4, -0.2) is 82.8 Å². The smallest absolute Gasteiger partial charge is 0.312 e. The van der Waals surface area contributed by atoms with E-state index in [2.05, 4.69) is 0 Å². The zero-order valence-corrected chi connectivity index (χ0v) is 16.1. The van der Waals surface area contributed by atoms with E-state index in [1.807, 2.05) is 32.1 Å². The first-order chi connectivity index (χ1) is 13.4. The van der Waals surface area contributed by atoms with Gasteiger partial charge < -0.3 is 24.4 Å². The second-order valence-electron chi connectivity index (χ2n) is 7.97. The molecule has 0 aromatic carbocycles. The van der Waals surface area contributed by atoms with Gasteiger partial charge in [-0.3, -0.25) is 14.4 Å². The van der Waals surface area contributed by atoms with Crippen molar-refractivity contribution in [1.29, 1.82) is 0 Å². The van der Waals surface area contributed by atoms with Crippen LogP contribution in [0.4, 0.5) is 0 Å². The van der Waals surface area contributed by atoms with E-state index in [1.165, 1.54) is 4.90 Å². The van der Waals surface area contributed by atoms with Gasteiger partial charge in [-0.2, -0.15) is 0 Å². The van der Waals surface area contributed by atoms with Crippen molar-refractivity contribution in [1.82, 2.24) is 9.80 Å². The maximum atomic E-state index is 13.5. The van der Waals surface area contributed by atoms with E-state index in [0.717, 1.165) is 0 Å². The molecule has 2 saturated heterocycles. The van der Waals surface area contributed by atoms with Crippen molar-refractivity contribution in [3.63, 3.8) is 0 Å². The van der Waals surface area contributed by atoms with Crippen molar-refractivity contribution < 1.29 is 29.0 Å². The minimum Gasteiger partial charge on any atom is -0.465 e. The number of β-amino-alcohol motifs (C(OH)–C–C–N with tert-alkyl or cyclic N) is 1. The van der Waals surface area contributed by atoms with E-state index in [-0.39, 0.29) is 37.6 Å². The van der Waals surface area contributed by atoms with Crippen molar-refractivity contribution >= 4 is 17.8 Å². The van der Waals surface area contributed by atoms with Crippen LogP contribution >= 0.6 is 0 Å². The minimum absolute atomic E-state index is 0.0128. The molecular weight excluding hydrogens is 364 g/mol. The number of hydrogen-bond acceptors (Lipinski definition) is 6. The van der Waals surface area contributed by atoms with Gasteiger partial charge in [0.15, 0.2) is 0 Å². The number of likely N-dealkylation sites (tertiary alicyclic amines) is 1. The van der Waals surface area contributed by atoms with Crippen molar-refractivity contribution in [3.05, 3.63) is 24.3 Å². The lowest BCUT2D eigenvalue weighted by molar-refractivity contribution is -0.155. The molecular formula is C20H26N2O6. The van der Waals surface area contributed by atoms with Crippen LogP contribution in [-0.2, 0) is 23.9 Å². The molecule has 8 nitrogen and oxygen atoms in total. The average molecular weight is 390 g/mol. The van der Waals surface area contributed by atoms with Crippen LogP contribution in [0.2, 0.25) is 0 Å². The summed E-state index contributed by atoms with van der Waals surface area (Å²) in [5.74, 6) is -2.70. The predicted molar refractivity (Wildman–Crippen MR) is 97.9 cm³/mol. The number of nitrogens with zero attached hydrogens (tertiary/aromatic N) is 2. The van der Waals surface area contributed by atoms with Crippen LogP contribution in [0.15, 0.2) is 24.3 Å². The fraction of sp³-hybridized carbons (Fsp3) is 0.650. The van der Waals surface area contributed by atoms with Crippen molar-refractivity contribution in [2.24, 2.45) is 11.8 Å². The molecule has 1 N–H and O–H groups in total. The molecule has 1 unspecified atom stereocenters. The first kappa shape index (κ1) is 19.1. The highest BCUT2D eigenvalue weighted by Crippen LogP contribution is 2.53. The van der Waals surface area contributed by atoms with E-state index >= 15 is 0 Å². The summed E-state index contributed by atoms with van der Waals surface area (Å²) in [6, 6.07) is -0.967. The second-order valence-corrected chi connectivity index (χ2v) is 7.97. The summed E-state index contributed by atoms with van der Waals surface area (Å²) in [5.41, 5.74) is -1.24. The number of ether oxygens (including phenoxy) is 2. The summed E-state index contributed by atoms with van der Waals surface area (Å²) >= 11 is 0. The number of carbonyl (C=O) groups is 3. The molecule has 4 heterocycles. The Morgan fingerprint density at radius 1 is 1.25 bits per heavy atom. The molecule has 0 aromatic heterocycles. The first-order valence-electron chi connectivity index (χ1n) is 9.83. The van der Waals surface area contributed by atoms with Gasteiger partial charge in [-0.15, -0.1) is 0 Å². The summed E-state index contributed by atoms with van der Waals surface area (Å²) in [4.78, 5) is 42.6. The van der Waals surface area contributed by atoms with Crippen LogP contribution in [0.1, 0.15) is 20.3 Å². The molecule has 28 heavy (non-hydrogen) atoms. The van der Waals surface area contributed by atoms with Crippen LogP contribution in [0.3, 0.4) is 0 Å². The van der Waals surface area contributed by atoms with E-state index in [4.69, 9.17) is 9.47 Å². The summed E-state index contributed by atoms with van der Waals surface area (Å²) in [6.07, 6.45) is 7.28. The molecule has 0 aromatic rings. The Morgan fingerprint density at radius 2 is 2.04 bits per heavy atom. The highest BCUT2D eigenvalue weighted by Gasteiger charge is 2.71. The van der Waals surface area contributed by atoms with Gasteiger partial charge in [-0.05, 0) is 20.3 Å². The Morgan fingerprint density at radius 3 is 2.75 bits per heavy atom. The summed E-state index contributed by atoms with van der Waals surface area (Å²) in [6.45, 7) is 4.23. The van der Waals surface area contributed by atoms with E-state index in [1.54, 1.807) is 11.0 Å². The molecule has 0 radical (unpaired) electrons. The number of fused-ring (bicyclic) bond motifs is 2. The average Bonchev–Trinajstić information content (AvgIpc) is 3.00. The number of cyclic esters (lactones) is 1. The zero-order chi connectivity index (χ0) is 20.1. The van der Waals surface area contributed by atoms with E-state index in [0.29, 0.717) is 13.0 Å². The molecule has 4 aliphatic rings. The Hall–Kier alpha value is -2.19. The van der Waals surface area contributed by atoms with Crippen molar-refractivity contribution in [3.8, 4) is 0 Å². The Balaban J connectivity index is 1.84. The highest BCUT2D eigenvalue weighted by molar-refractivity contribution is 5.99. The van der Waals surface area contributed by atoms with Crippen LogP contribution in [0, 0.1) is 11.8 Å². The van der Waals surface area contributed by atoms with Crippen LogP contribution in [0.5, 0.6) is 0 Å². The third-order valence-corrected chi connectivity index (χ3v) is 6.12. The predicted octanol–water partition coefficient (Wildman–Crippen LogP) is -0.131. The number of rotatable bonds is 3. The molecule has 152 valence electrons. The standard InChI is InChI=1S/C20H26N2O6/c1-12(2)21-8-5-7-20-15(17(24)22(9-10-23)16(20)18(21)25)14-13(28-20)6-3-4-11-27-19(14)26/h3,5-7,12-16,23H,4,8-11H2,1-2H3/t13-,14+,15+,16?,20+/m1/s1. The summed E-state index contributed by atoms with van der Waals surface area (Å²) in [7, 11) is 0. The number of carbonyl (C=O) groups excluding carboxylic acids is 3. The van der Waals surface area contributed by atoms with E-state index < -0.39 is 35.6 Å². The van der Waals surface area contributed by atoms with Gasteiger partial charge in [0.1, 0.15) is 17.6 Å². The van der Waals surface area contributed by atoms with Gasteiger partial charge in [-0.1, -0.05) is 24.3 Å². The highest BCUT2D eigenvalue weighted by atomic mass is 16.6. The molecule has 5 atom stereocenters. The molecule has 0 saturated carbocycles. The van der Waals surface area contributed by atoms with Crippen LogP contribution < -0.4 is 0 Å². The van der Waals surface area contributed by atoms with Gasteiger partial charge >= 0.3 is 5.97 Å². The molecule has 1 spiro atoms. The third kappa shape index (κ3) is 2.62. The maximum Gasteiger partial charge on any atom is 0.312 e. The molecule has 4 rings (SSSR count). The molecule has 2 amide bonds. The molecule has 0 aliphatic carbocycles. The molecule has 0 bridgehead atoms. The fourth-order valence-corrected chi connectivity index (χ4v) is 4.94. The third-order valence-electron chi connectivity index (χ3n) is 6.12. The van der Waals surface area contributed by atoms with Gasteiger partial charge in [0, 0.05) is 19.1 Å². The monoisotopic (exact) mass is 390 g/mol. The number of aliphatic hydroxyl groups excluding tert-OH is 1. The topological polar surface area (TPSA) is 96.4 Å². The van der Waals surface area contributed by atoms with Gasteiger partial charge in [0.25, 0.3) is 0 Å². The van der Waals surface area contributed by atoms with Crippen LogP contribution in [0.25, 0.3) is 0 Å². The number of hydrogen-bond donors (Lipinski definition) is 1. The zero-order valence-electron chi connectivity index (χ0n) is 16.1. The SMILES string of the molecule is CC(C)N1CC=C[C@]23O[C@@H]4C=CCCOC(=O)[C@@H]4[C@H]2C(=O)N(CCO)C3C1=O. The summed E-state index contributed by atoms with van der Waals surface area (Å²) in [5, 5.41) is 9.51. The lowest BCUT2D eigenvalue weighted by Crippen LogP contribution is -2.56. The molecule has 8 heteroatoms. The second kappa shape index (κ2) is 7.00. The number of esters is 1. The Bertz CT molecular complexity index is 747. The summed E-state index contributed by atoms with van der Waals surface area (Å²) < 4.78 is 11.7. The maximum absolute atomic E-state index is 13.5. The van der Waals surface area contributed by atoms with E-state index in [9.17, 15) is 19.5 Å². The lowest BCUT2D eigenvalue weighted by atomic mass is 9.77. The number of amides is 2. The fourth-order valence-electron chi connectivity index (χ4n) is 4.94. The lowest BCUT2D eigenvalue weighted by Gasteiger charge is -2.36. The number of aliphatic hydroxyl groups is 1. The minimum atomic E-state index is -1.24. The Kier molecular flexibility index (Phi) is 4.79. The van der Waals surface area contributed by atoms with Gasteiger partial charge in [-0.25, -0.2) is 0 Å². The largest absolute Gasteiger partial charge is 0.465 e. The Labute approximate surface area is 163 Å². The van der Waals surface area contributed by atoms with Gasteiger partial charge in [0.05, 0.1) is 25.2 Å². The van der Waals surface area contributed by atoms with Crippen molar-refractivity contribution in [2.45, 2.75) is 44.1 Å². The molecule has 2 fully saturated rings. The quantitative estimate of drug-likeness (QED) is 0.533. The molecule has 4 aliphatic heterocycles.